The van der Waals surface area contributed by atoms with Crippen LogP contribution in [0.3, 0.4) is 0 Å². The van der Waals surface area contributed by atoms with E-state index in [-0.39, 0.29) is 11.4 Å². The fraction of sp³-hybridized carbons (Fsp3) is 0.444. The lowest BCUT2D eigenvalue weighted by molar-refractivity contribution is -0.137. The Bertz CT molecular complexity index is 494. The van der Waals surface area contributed by atoms with Crippen LogP contribution in [0.25, 0.3) is 0 Å². The van der Waals surface area contributed by atoms with E-state index >= 15 is 0 Å². The topological polar surface area (TPSA) is 47.0 Å². The minimum Gasteiger partial charge on any atom is -0.242 e. The average Bonchev–Trinajstić information content (AvgIpc) is 2.15. The van der Waals surface area contributed by atoms with Crippen molar-refractivity contribution in [2.24, 2.45) is 0 Å². The molecule has 3 nitrogen and oxygen atoms in total. The lowest BCUT2D eigenvalue weighted by Gasteiger charge is -2.09. The summed E-state index contributed by atoms with van der Waals surface area (Å²) in [6, 6.07) is 1.38. The molecule has 0 aliphatic carbocycles. The molecule has 0 spiro atoms. The SMILES string of the molecule is CCS(=O)(=O)c1cc(C(F)(F)F)cc(C)n1. The molecule has 0 amide bonds. The van der Waals surface area contributed by atoms with Crippen LogP contribution in [0.15, 0.2) is 17.2 Å². The van der Waals surface area contributed by atoms with Crippen LogP contribution in [0.5, 0.6) is 0 Å². The Morgan fingerprint density at radius 1 is 1.31 bits per heavy atom. The largest absolute Gasteiger partial charge is 0.416 e. The van der Waals surface area contributed by atoms with Crippen molar-refractivity contribution in [2.45, 2.75) is 25.0 Å². The molecule has 0 aromatic carbocycles. The Balaban J connectivity index is 3.41. The van der Waals surface area contributed by atoms with Gasteiger partial charge >= 0.3 is 6.18 Å². The summed E-state index contributed by atoms with van der Waals surface area (Å²) in [5, 5.41) is -0.526. The summed E-state index contributed by atoms with van der Waals surface area (Å²) in [7, 11) is -3.71. The van der Waals surface area contributed by atoms with E-state index in [0.29, 0.717) is 6.07 Å². The maximum absolute atomic E-state index is 12.4. The zero-order valence-electron chi connectivity index (χ0n) is 8.67. The van der Waals surface area contributed by atoms with Crippen molar-refractivity contribution in [2.75, 3.05) is 5.75 Å². The second kappa shape index (κ2) is 4.04. The van der Waals surface area contributed by atoms with Crippen LogP contribution in [0, 0.1) is 6.92 Å². The fourth-order valence-electron chi connectivity index (χ4n) is 1.11. The first-order valence-corrected chi connectivity index (χ1v) is 6.10. The number of aromatic nitrogens is 1. The van der Waals surface area contributed by atoms with E-state index in [9.17, 15) is 21.6 Å². The molecule has 0 aliphatic rings. The molecule has 16 heavy (non-hydrogen) atoms. The number of aryl methyl sites for hydroxylation is 1. The summed E-state index contributed by atoms with van der Waals surface area (Å²) in [6.07, 6.45) is -4.56. The maximum atomic E-state index is 12.4. The van der Waals surface area contributed by atoms with Gasteiger partial charge in [0.2, 0.25) is 0 Å². The van der Waals surface area contributed by atoms with E-state index in [1.807, 2.05) is 0 Å². The molecule has 0 bridgehead atoms. The van der Waals surface area contributed by atoms with Gasteiger partial charge in [0.25, 0.3) is 0 Å². The Hall–Kier alpha value is -1.11. The van der Waals surface area contributed by atoms with Gasteiger partial charge in [0.1, 0.15) is 0 Å². The summed E-state index contributed by atoms with van der Waals surface area (Å²) in [6.45, 7) is 2.68. The van der Waals surface area contributed by atoms with E-state index in [2.05, 4.69) is 4.98 Å². The zero-order valence-corrected chi connectivity index (χ0v) is 9.48. The molecule has 1 heterocycles. The predicted molar refractivity (Wildman–Crippen MR) is 51.7 cm³/mol. The van der Waals surface area contributed by atoms with Crippen molar-refractivity contribution in [3.63, 3.8) is 0 Å². The number of sulfone groups is 1. The van der Waals surface area contributed by atoms with Gasteiger partial charge < -0.3 is 0 Å². The number of rotatable bonds is 2. The van der Waals surface area contributed by atoms with Gasteiger partial charge in [-0.05, 0) is 19.1 Å². The van der Waals surface area contributed by atoms with Crippen LogP contribution in [0.4, 0.5) is 13.2 Å². The Morgan fingerprint density at radius 2 is 1.88 bits per heavy atom. The van der Waals surface area contributed by atoms with Crippen LogP contribution in [-0.2, 0) is 16.0 Å². The van der Waals surface area contributed by atoms with Gasteiger partial charge in [-0.25, -0.2) is 13.4 Å². The van der Waals surface area contributed by atoms with E-state index in [0.717, 1.165) is 6.07 Å². The molecule has 0 N–H and O–H groups in total. The Labute approximate surface area is 91.2 Å². The van der Waals surface area contributed by atoms with Gasteiger partial charge in [-0.2, -0.15) is 13.2 Å². The molecule has 90 valence electrons. The van der Waals surface area contributed by atoms with E-state index in [4.69, 9.17) is 0 Å². The second-order valence-corrected chi connectivity index (χ2v) is 5.46. The molecule has 1 rings (SSSR count). The first-order chi connectivity index (χ1) is 7.16. The third kappa shape index (κ3) is 2.72. The molecule has 0 saturated carbocycles. The molecule has 0 unspecified atom stereocenters. The van der Waals surface area contributed by atoms with Crippen LogP contribution in [0.2, 0.25) is 0 Å². The first-order valence-electron chi connectivity index (χ1n) is 4.45. The summed E-state index contributed by atoms with van der Waals surface area (Å²) < 4.78 is 60.1. The van der Waals surface area contributed by atoms with Crippen LogP contribution in [0.1, 0.15) is 18.2 Å². The van der Waals surface area contributed by atoms with Gasteiger partial charge in [-0.1, -0.05) is 6.92 Å². The molecule has 0 saturated heterocycles. The van der Waals surface area contributed by atoms with Gasteiger partial charge in [-0.15, -0.1) is 0 Å². The molecule has 1 aromatic rings. The third-order valence-electron chi connectivity index (χ3n) is 1.96. The highest BCUT2D eigenvalue weighted by atomic mass is 32.2. The van der Waals surface area contributed by atoms with E-state index < -0.39 is 26.6 Å². The highest BCUT2D eigenvalue weighted by Gasteiger charge is 2.32. The lowest BCUT2D eigenvalue weighted by atomic mass is 10.2. The summed E-state index contributed by atoms with van der Waals surface area (Å²) in [5.74, 6) is -0.277. The number of hydrogen-bond acceptors (Lipinski definition) is 3. The van der Waals surface area contributed by atoms with Crippen molar-refractivity contribution >= 4 is 9.84 Å². The highest BCUT2D eigenvalue weighted by Crippen LogP contribution is 2.30. The third-order valence-corrected chi connectivity index (χ3v) is 3.56. The number of nitrogens with zero attached hydrogens (tertiary/aromatic N) is 1. The van der Waals surface area contributed by atoms with Crippen LogP contribution < -0.4 is 0 Å². The summed E-state index contributed by atoms with van der Waals surface area (Å²) in [4.78, 5) is 3.60. The predicted octanol–water partition coefficient (Wildman–Crippen LogP) is 2.20. The summed E-state index contributed by atoms with van der Waals surface area (Å²) >= 11 is 0. The van der Waals surface area contributed by atoms with Crippen LogP contribution >= 0.6 is 0 Å². The van der Waals surface area contributed by atoms with Crippen molar-refractivity contribution in [3.05, 3.63) is 23.4 Å². The smallest absolute Gasteiger partial charge is 0.242 e. The number of halogens is 3. The molecule has 1 aromatic heterocycles. The van der Waals surface area contributed by atoms with E-state index in [1.54, 1.807) is 0 Å². The number of hydrogen-bond donors (Lipinski definition) is 0. The standard InChI is InChI=1S/C9H10F3NO2S/c1-3-16(14,15)8-5-7(9(10,11)12)4-6(2)13-8/h4-5H,3H2,1-2H3. The summed E-state index contributed by atoms with van der Waals surface area (Å²) in [5.41, 5.74) is -0.964. The first kappa shape index (κ1) is 13.0. The molecule has 0 aliphatic heterocycles. The maximum Gasteiger partial charge on any atom is 0.416 e. The van der Waals surface area contributed by atoms with Crippen molar-refractivity contribution in [1.82, 2.24) is 4.98 Å². The normalized spacial score (nSPS) is 12.8. The van der Waals surface area contributed by atoms with Gasteiger partial charge in [0, 0.05) is 5.69 Å². The lowest BCUT2D eigenvalue weighted by Crippen LogP contribution is -2.12. The van der Waals surface area contributed by atoms with Crippen LogP contribution in [-0.4, -0.2) is 19.2 Å². The molecule has 7 heteroatoms. The molecular formula is C9H10F3NO2S. The van der Waals surface area contributed by atoms with Gasteiger partial charge in [0.15, 0.2) is 14.9 Å². The molecule has 0 atom stereocenters. The number of alkyl halides is 3. The van der Waals surface area contributed by atoms with Gasteiger partial charge in [0.05, 0.1) is 11.3 Å². The molecular weight excluding hydrogens is 243 g/mol. The Morgan fingerprint density at radius 3 is 2.31 bits per heavy atom. The van der Waals surface area contributed by atoms with Crippen molar-refractivity contribution < 1.29 is 21.6 Å². The highest BCUT2D eigenvalue weighted by molar-refractivity contribution is 7.91. The number of pyridine rings is 1. The minimum atomic E-state index is -4.56. The van der Waals surface area contributed by atoms with E-state index in [1.165, 1.54) is 13.8 Å². The zero-order chi connectivity index (χ0) is 12.6. The Kier molecular flexibility index (Phi) is 3.27. The average molecular weight is 253 g/mol. The van der Waals surface area contributed by atoms with Crippen molar-refractivity contribution in [1.29, 1.82) is 0 Å². The van der Waals surface area contributed by atoms with Crippen molar-refractivity contribution in [3.8, 4) is 0 Å². The monoisotopic (exact) mass is 253 g/mol. The second-order valence-electron chi connectivity index (χ2n) is 3.24. The molecule has 0 radical (unpaired) electrons. The van der Waals surface area contributed by atoms with Gasteiger partial charge in [-0.3, -0.25) is 0 Å². The molecule has 0 fully saturated rings. The quantitative estimate of drug-likeness (QED) is 0.811. The fourth-order valence-corrected chi connectivity index (χ4v) is 1.99. The minimum absolute atomic E-state index is 0.0295.